The monoisotopic (exact) mass is 338 g/mol. The third-order valence-electron chi connectivity index (χ3n) is 3.43. The van der Waals surface area contributed by atoms with E-state index in [0.29, 0.717) is 35.5 Å². The van der Waals surface area contributed by atoms with Gasteiger partial charge in [-0.05, 0) is 29.8 Å². The number of hydrogen-bond donors (Lipinski definition) is 2. The van der Waals surface area contributed by atoms with Crippen molar-refractivity contribution < 1.29 is 9.47 Å². The third-order valence-corrected chi connectivity index (χ3v) is 3.43. The van der Waals surface area contributed by atoms with Crippen molar-refractivity contribution >= 4 is 17.5 Å². The molecule has 0 amide bonds. The highest BCUT2D eigenvalue weighted by molar-refractivity contribution is 5.65. The second-order valence-corrected chi connectivity index (χ2v) is 5.07. The van der Waals surface area contributed by atoms with Crippen molar-refractivity contribution in [2.45, 2.75) is 6.54 Å². The van der Waals surface area contributed by atoms with Crippen LogP contribution >= 0.6 is 0 Å². The number of hydrogen-bond acceptors (Lipinski definition) is 8. The van der Waals surface area contributed by atoms with Crippen LogP contribution in [-0.2, 0) is 6.54 Å². The summed E-state index contributed by atoms with van der Waals surface area (Å²) >= 11 is 0. The lowest BCUT2D eigenvalue weighted by Crippen LogP contribution is -2.06. The first-order valence-corrected chi connectivity index (χ1v) is 7.60. The molecule has 25 heavy (non-hydrogen) atoms. The fraction of sp³-hybridized carbons (Fsp3) is 0.176. The number of rotatable bonds is 7. The molecule has 0 saturated heterocycles. The van der Waals surface area contributed by atoms with E-state index in [9.17, 15) is 0 Å². The molecular formula is C17H18N6O2. The highest BCUT2D eigenvalue weighted by atomic mass is 16.5. The van der Waals surface area contributed by atoms with Gasteiger partial charge >= 0.3 is 0 Å². The summed E-state index contributed by atoms with van der Waals surface area (Å²) in [5.74, 6) is 2.31. The van der Waals surface area contributed by atoms with E-state index in [1.54, 1.807) is 44.9 Å². The summed E-state index contributed by atoms with van der Waals surface area (Å²) in [6, 6.07) is 9.29. The van der Waals surface area contributed by atoms with Crippen molar-refractivity contribution in [1.29, 1.82) is 0 Å². The van der Waals surface area contributed by atoms with Crippen molar-refractivity contribution in [2.24, 2.45) is 0 Å². The Hall–Kier alpha value is -3.42. The Morgan fingerprint density at radius 1 is 1.04 bits per heavy atom. The van der Waals surface area contributed by atoms with E-state index in [2.05, 4.69) is 30.8 Å². The Kier molecular flexibility index (Phi) is 5.20. The summed E-state index contributed by atoms with van der Waals surface area (Å²) in [7, 11) is 3.20. The molecular weight excluding hydrogens is 320 g/mol. The summed E-state index contributed by atoms with van der Waals surface area (Å²) in [6.07, 6.45) is 5.06. The van der Waals surface area contributed by atoms with Gasteiger partial charge in [0, 0.05) is 25.0 Å². The van der Waals surface area contributed by atoms with Crippen LogP contribution in [0.2, 0.25) is 0 Å². The van der Waals surface area contributed by atoms with Gasteiger partial charge in [-0.3, -0.25) is 4.98 Å². The molecule has 0 unspecified atom stereocenters. The third kappa shape index (κ3) is 4.31. The SMILES string of the molecule is COc1ccc(OC)c(Nc2nncc(NCc3ccncc3)n2)c1. The van der Waals surface area contributed by atoms with Gasteiger partial charge in [0.05, 0.1) is 26.1 Å². The van der Waals surface area contributed by atoms with E-state index in [0.717, 1.165) is 5.56 Å². The number of benzene rings is 1. The molecule has 2 aromatic heterocycles. The van der Waals surface area contributed by atoms with E-state index in [4.69, 9.17) is 9.47 Å². The van der Waals surface area contributed by atoms with E-state index in [-0.39, 0.29) is 0 Å². The molecule has 8 nitrogen and oxygen atoms in total. The highest BCUT2D eigenvalue weighted by Crippen LogP contribution is 2.30. The smallest absolute Gasteiger partial charge is 0.249 e. The lowest BCUT2D eigenvalue weighted by molar-refractivity contribution is 0.405. The van der Waals surface area contributed by atoms with Gasteiger partial charge < -0.3 is 20.1 Å². The Bertz CT molecular complexity index is 828. The lowest BCUT2D eigenvalue weighted by atomic mass is 10.2. The molecule has 0 spiro atoms. The number of aromatic nitrogens is 4. The van der Waals surface area contributed by atoms with Crippen LogP contribution in [0, 0.1) is 0 Å². The van der Waals surface area contributed by atoms with Gasteiger partial charge in [-0.25, -0.2) is 0 Å². The molecule has 8 heteroatoms. The molecule has 3 aromatic rings. The van der Waals surface area contributed by atoms with E-state index >= 15 is 0 Å². The predicted molar refractivity (Wildman–Crippen MR) is 94.2 cm³/mol. The average molecular weight is 338 g/mol. The minimum atomic E-state index is 0.353. The van der Waals surface area contributed by atoms with Crippen LogP contribution in [0.5, 0.6) is 11.5 Å². The van der Waals surface area contributed by atoms with Crippen molar-refractivity contribution in [3.8, 4) is 11.5 Å². The zero-order valence-corrected chi connectivity index (χ0v) is 13.9. The zero-order valence-electron chi connectivity index (χ0n) is 13.9. The topological polar surface area (TPSA) is 94.1 Å². The summed E-state index contributed by atoms with van der Waals surface area (Å²) in [4.78, 5) is 8.40. The maximum Gasteiger partial charge on any atom is 0.249 e. The van der Waals surface area contributed by atoms with Crippen LogP contribution in [-0.4, -0.2) is 34.4 Å². The minimum Gasteiger partial charge on any atom is -0.497 e. The Balaban J connectivity index is 1.73. The second-order valence-electron chi connectivity index (χ2n) is 5.07. The number of nitrogens with zero attached hydrogens (tertiary/aromatic N) is 4. The molecule has 1 aromatic carbocycles. The Morgan fingerprint density at radius 3 is 2.64 bits per heavy atom. The molecule has 0 bridgehead atoms. The molecule has 0 radical (unpaired) electrons. The fourth-order valence-electron chi connectivity index (χ4n) is 2.17. The molecule has 0 aliphatic carbocycles. The number of ether oxygens (including phenoxy) is 2. The molecule has 2 heterocycles. The number of pyridine rings is 1. The molecule has 0 fully saturated rings. The Labute approximate surface area is 145 Å². The first-order valence-electron chi connectivity index (χ1n) is 7.60. The quantitative estimate of drug-likeness (QED) is 0.679. The molecule has 0 aliphatic heterocycles. The van der Waals surface area contributed by atoms with Gasteiger partial charge in [0.25, 0.3) is 0 Å². The molecule has 0 atom stereocenters. The normalized spacial score (nSPS) is 10.2. The largest absolute Gasteiger partial charge is 0.497 e. The van der Waals surface area contributed by atoms with Gasteiger partial charge in [-0.1, -0.05) is 0 Å². The second kappa shape index (κ2) is 7.91. The van der Waals surface area contributed by atoms with Gasteiger partial charge in [0.1, 0.15) is 11.5 Å². The summed E-state index contributed by atoms with van der Waals surface area (Å²) in [5.41, 5.74) is 1.78. The average Bonchev–Trinajstić information content (AvgIpc) is 2.67. The number of anilines is 3. The maximum atomic E-state index is 5.34. The maximum absolute atomic E-state index is 5.34. The summed E-state index contributed by atoms with van der Waals surface area (Å²) in [6.45, 7) is 0.614. The zero-order chi connectivity index (χ0) is 17.5. The molecule has 0 aliphatic rings. The fourth-order valence-corrected chi connectivity index (χ4v) is 2.17. The number of nitrogens with one attached hydrogen (secondary N) is 2. The van der Waals surface area contributed by atoms with Crippen LogP contribution in [0.1, 0.15) is 5.56 Å². The number of methoxy groups -OCH3 is 2. The first-order chi connectivity index (χ1) is 12.3. The molecule has 2 N–H and O–H groups in total. The Morgan fingerprint density at radius 2 is 1.88 bits per heavy atom. The minimum absolute atomic E-state index is 0.353. The van der Waals surface area contributed by atoms with Crippen LogP contribution in [0.4, 0.5) is 17.5 Å². The van der Waals surface area contributed by atoms with Crippen molar-refractivity contribution in [1.82, 2.24) is 20.2 Å². The summed E-state index contributed by atoms with van der Waals surface area (Å²) in [5, 5.41) is 14.3. The van der Waals surface area contributed by atoms with Gasteiger partial charge in [0.2, 0.25) is 5.95 Å². The lowest BCUT2D eigenvalue weighted by Gasteiger charge is -2.12. The van der Waals surface area contributed by atoms with E-state index < -0.39 is 0 Å². The predicted octanol–water partition coefficient (Wildman–Crippen LogP) is 2.64. The van der Waals surface area contributed by atoms with E-state index in [1.807, 2.05) is 18.2 Å². The van der Waals surface area contributed by atoms with Crippen LogP contribution in [0.15, 0.2) is 48.9 Å². The van der Waals surface area contributed by atoms with Crippen molar-refractivity contribution in [3.63, 3.8) is 0 Å². The van der Waals surface area contributed by atoms with Crippen LogP contribution < -0.4 is 20.1 Å². The van der Waals surface area contributed by atoms with Gasteiger partial charge in [-0.2, -0.15) is 10.1 Å². The van der Waals surface area contributed by atoms with Gasteiger partial charge in [0.15, 0.2) is 5.82 Å². The molecule has 128 valence electrons. The van der Waals surface area contributed by atoms with Crippen LogP contribution in [0.3, 0.4) is 0 Å². The van der Waals surface area contributed by atoms with Gasteiger partial charge in [-0.15, -0.1) is 5.10 Å². The highest BCUT2D eigenvalue weighted by Gasteiger charge is 2.08. The van der Waals surface area contributed by atoms with E-state index in [1.165, 1.54) is 0 Å². The molecule has 3 rings (SSSR count). The van der Waals surface area contributed by atoms with Crippen molar-refractivity contribution in [2.75, 3.05) is 24.9 Å². The standard InChI is InChI=1S/C17H18N6O2/c1-24-13-3-4-15(25-2)14(9-13)21-17-22-16(11-20-23-17)19-10-12-5-7-18-8-6-12/h3-9,11H,10H2,1-2H3,(H2,19,21,22,23). The van der Waals surface area contributed by atoms with Crippen molar-refractivity contribution in [3.05, 3.63) is 54.5 Å². The van der Waals surface area contributed by atoms with Crippen LogP contribution in [0.25, 0.3) is 0 Å². The first kappa shape index (κ1) is 16.4. The molecule has 0 saturated carbocycles. The summed E-state index contributed by atoms with van der Waals surface area (Å²) < 4.78 is 10.6.